The molecule has 0 fully saturated rings. The molecule has 0 N–H and O–H groups in total. The highest BCUT2D eigenvalue weighted by atomic mass is 28.3. The Morgan fingerprint density at radius 3 is 0.536 bits per heavy atom. The molecule has 0 aromatic heterocycles. The molecule has 10 heteroatoms. The molecular weight excluding hydrogens is 1410 g/mol. The standard InChI is InChI=1S/C100H125N5Si5/c1-66(2)106(67(3)4,68(5)6)39-34-81-44-86-54-91(49-81)97(65-102)60-87-45-83(36-41-108(72(13)14,73(15)16)74(17)18)51-93(56-87)99(104-32)62-89-47-85(38-43-110(78(25)26,79(27)28)80(29)30)53-95(58-89)100(105-33)63-90-48-84(37-42-109(75(19)20,76(21)22)77(23)24)52-94(57-90)98(103-31)61-88-46-82(50-92(55-88)96(59-86)64-101)35-40-107(69(7)8,70(9)10)71(11)12/h44-63,66-80H,1-30H3/b96-59+,97-60?,98-61-,99-62-,100-63-. The molecule has 5 aromatic carbocycles. The zero-order valence-corrected chi connectivity index (χ0v) is 77.4. The van der Waals surface area contributed by atoms with Gasteiger partial charge in [0.2, 0.25) is 0 Å². The maximum atomic E-state index is 11.7. The van der Waals surface area contributed by atoms with E-state index < -0.39 is 40.4 Å². The smallest absolute Gasteiger partial charge is 0.194 e. The zero-order valence-electron chi connectivity index (χ0n) is 72.4. The SMILES string of the molecule is [C-]#[N+]/C1=C\c2cc(C#C[Si](C(C)C)(C(C)C)C(C)C)cc(c2)/C([N+]#[C-])=C/c2cc(C#C[Si](C(C)C)(C(C)C)C(C)C)cc(c2)/C([N+]#[C-])=C/c2cc(C#C[Si](C(C)C)(C(C)C)C(C)C)cc(c2)/C(C#N)=C/c2cc(C#C[Si](C(C)C)(C(C)C)C(C)C)cc(c2)C(C#N)=Cc2cc(C#C[Si](C(C)C)(C(C)C)C(C)C)cc1c2. The van der Waals surface area contributed by atoms with Crippen molar-refractivity contribution in [3.63, 3.8) is 0 Å². The highest BCUT2D eigenvalue weighted by molar-refractivity contribution is 6.92. The third-order valence-electron chi connectivity index (χ3n) is 24.9. The summed E-state index contributed by atoms with van der Waals surface area (Å²) in [7, 11) is -11.5. The number of allylic oxidation sites excluding steroid dienone is 2. The van der Waals surface area contributed by atoms with Gasteiger partial charge in [-0.25, -0.2) is 14.5 Å². The summed E-state index contributed by atoms with van der Waals surface area (Å²) in [6.45, 7) is 96.7. The van der Waals surface area contributed by atoms with Crippen molar-refractivity contribution >= 4 is 99.0 Å². The summed E-state index contributed by atoms with van der Waals surface area (Å²) in [6, 6.07) is 35.5. The molecule has 0 aliphatic heterocycles. The van der Waals surface area contributed by atoms with E-state index in [9.17, 15) is 10.5 Å². The summed E-state index contributed by atoms with van der Waals surface area (Å²) in [5.74, 6) is 18.7. The third kappa shape index (κ3) is 19.5. The fourth-order valence-electron chi connectivity index (χ4n) is 19.6. The molecule has 1 aliphatic rings. The van der Waals surface area contributed by atoms with Crippen molar-refractivity contribution in [2.24, 2.45) is 0 Å². The minimum atomic E-state index is -2.30. The topological polar surface area (TPSA) is 60.7 Å². The average Bonchev–Trinajstić information content (AvgIpc) is 0.846. The highest BCUT2D eigenvalue weighted by Gasteiger charge is 2.46. The number of nitrogens with zero attached hydrogens (tertiary/aromatic N) is 5. The summed E-state index contributed by atoms with van der Waals surface area (Å²) in [6.07, 6.45) is 9.52. The fourth-order valence-corrected chi connectivity index (χ4v) is 45.7. The van der Waals surface area contributed by atoms with Gasteiger partial charge in [-0.2, -0.15) is 10.5 Å². The normalized spacial score (nSPS) is 15.1. The molecule has 0 spiro atoms. The largest absolute Gasteiger partial charge is 0.238 e. The van der Waals surface area contributed by atoms with Crippen molar-refractivity contribution in [1.82, 2.24) is 0 Å². The van der Waals surface area contributed by atoms with Crippen LogP contribution in [-0.2, 0) is 0 Å². The number of fused-ring (bicyclic) bond motifs is 10. The second-order valence-corrected chi connectivity index (χ2v) is 63.6. The lowest BCUT2D eigenvalue weighted by atomic mass is 9.94. The van der Waals surface area contributed by atoms with Gasteiger partial charge in [0.05, 0.1) is 43.0 Å². The Morgan fingerprint density at radius 2 is 0.382 bits per heavy atom. The molecule has 570 valence electrons. The average molecular weight is 1540 g/mol. The molecule has 0 saturated heterocycles. The highest BCUT2D eigenvalue weighted by Crippen LogP contribution is 2.46. The molecule has 10 bridgehead atoms. The summed E-state index contributed by atoms with van der Waals surface area (Å²) < 4.78 is 0. The molecule has 0 heterocycles. The van der Waals surface area contributed by atoms with Gasteiger partial charge in [-0.15, -0.1) is 27.7 Å². The van der Waals surface area contributed by atoms with Gasteiger partial charge in [0.15, 0.2) is 17.1 Å². The van der Waals surface area contributed by atoms with E-state index in [2.05, 4.69) is 304 Å². The van der Waals surface area contributed by atoms with E-state index in [1.54, 1.807) is 0 Å². The van der Waals surface area contributed by atoms with Crippen LogP contribution < -0.4 is 0 Å². The summed E-state index contributed by atoms with van der Waals surface area (Å²) in [5.41, 5.74) is 37.4. The number of benzene rings is 5. The van der Waals surface area contributed by atoms with Crippen molar-refractivity contribution in [3.05, 3.63) is 209 Å². The van der Waals surface area contributed by atoms with Crippen LogP contribution in [0.15, 0.2) is 91.0 Å². The van der Waals surface area contributed by atoms with Crippen molar-refractivity contribution in [2.45, 2.75) is 291 Å². The number of rotatable bonds is 15. The van der Waals surface area contributed by atoms with E-state index in [0.29, 0.717) is 167 Å². The number of nitriles is 2. The van der Waals surface area contributed by atoms with E-state index in [1.807, 2.05) is 109 Å². The van der Waals surface area contributed by atoms with Crippen LogP contribution in [0.1, 0.15) is 291 Å². The Balaban J connectivity index is 2.00. The minimum Gasteiger partial charge on any atom is -0.238 e. The Morgan fingerprint density at radius 1 is 0.227 bits per heavy atom. The van der Waals surface area contributed by atoms with Crippen LogP contribution in [0, 0.1) is 99.7 Å². The van der Waals surface area contributed by atoms with E-state index in [4.69, 9.17) is 19.7 Å². The molecule has 0 radical (unpaired) electrons. The summed E-state index contributed by atoms with van der Waals surface area (Å²) >= 11 is 0. The summed E-state index contributed by atoms with van der Waals surface area (Å²) in [4.78, 5) is 13.1. The maximum absolute atomic E-state index is 11.7. The maximum Gasteiger partial charge on any atom is 0.194 e. The van der Waals surface area contributed by atoms with Crippen LogP contribution >= 0.6 is 0 Å². The van der Waals surface area contributed by atoms with Crippen LogP contribution in [0.25, 0.3) is 73.2 Å². The predicted octanol–water partition coefficient (Wildman–Crippen LogP) is 29.2. The molecule has 0 unspecified atom stereocenters. The van der Waals surface area contributed by atoms with Crippen molar-refractivity contribution in [3.8, 4) is 69.5 Å². The van der Waals surface area contributed by atoms with E-state index in [0.717, 1.165) is 27.8 Å². The third-order valence-corrected chi connectivity index (χ3v) is 56.3. The molecule has 0 amide bonds. The lowest BCUT2D eigenvalue weighted by molar-refractivity contribution is 0.838. The lowest BCUT2D eigenvalue weighted by Gasteiger charge is -2.38. The quantitative estimate of drug-likeness (QED) is 0.0596. The van der Waals surface area contributed by atoms with E-state index >= 15 is 0 Å². The zero-order chi connectivity index (χ0) is 82.5. The van der Waals surface area contributed by atoms with Gasteiger partial charge in [0.25, 0.3) is 0 Å². The lowest BCUT2D eigenvalue weighted by Crippen LogP contribution is -2.43. The summed E-state index contributed by atoms with van der Waals surface area (Å²) in [5, 5.41) is 23.4. The van der Waals surface area contributed by atoms with Gasteiger partial charge < -0.3 is 0 Å². The predicted molar refractivity (Wildman–Crippen MR) is 492 cm³/mol. The molecule has 6 rings (SSSR count). The van der Waals surface area contributed by atoms with Gasteiger partial charge in [-0.05, 0) is 242 Å². The fraction of sp³-hybridized carbons (Fsp3) is 0.450. The van der Waals surface area contributed by atoms with Crippen molar-refractivity contribution in [2.75, 3.05) is 0 Å². The van der Waals surface area contributed by atoms with Crippen LogP contribution in [0.3, 0.4) is 0 Å². The van der Waals surface area contributed by atoms with Crippen LogP contribution in [0.2, 0.25) is 83.1 Å². The number of hydrogen-bond acceptors (Lipinski definition) is 2. The van der Waals surface area contributed by atoms with Crippen molar-refractivity contribution < 1.29 is 0 Å². The first-order chi connectivity index (χ1) is 51.5. The molecule has 110 heavy (non-hydrogen) atoms. The van der Waals surface area contributed by atoms with Crippen molar-refractivity contribution in [1.29, 1.82) is 10.5 Å². The molecule has 5 nitrogen and oxygen atoms in total. The second kappa shape index (κ2) is 37.9. The Kier molecular flexibility index (Phi) is 31.0. The molecule has 1 aliphatic carbocycles. The minimum absolute atomic E-state index is 0.353. The van der Waals surface area contributed by atoms with Crippen LogP contribution in [0.5, 0.6) is 0 Å². The molecular formula is C100H125N5Si5. The Bertz CT molecular complexity index is 4150. The molecule has 0 saturated carbocycles. The number of hydrogen-bond donors (Lipinski definition) is 0. The van der Waals surface area contributed by atoms with Gasteiger partial charge in [0, 0.05) is 27.8 Å². The first-order valence-corrected chi connectivity index (χ1v) is 51.6. The monoisotopic (exact) mass is 1540 g/mol. The van der Waals surface area contributed by atoms with Gasteiger partial charge in [0.1, 0.15) is 40.4 Å². The Labute approximate surface area is 673 Å². The second-order valence-electron chi connectivity index (χ2n) is 35.7. The van der Waals surface area contributed by atoms with Crippen LogP contribution in [0.4, 0.5) is 0 Å². The van der Waals surface area contributed by atoms with E-state index in [-0.39, 0.29) is 0 Å². The van der Waals surface area contributed by atoms with Gasteiger partial charge in [-0.3, -0.25) is 0 Å². The van der Waals surface area contributed by atoms with Gasteiger partial charge in [-0.1, -0.05) is 256 Å². The van der Waals surface area contributed by atoms with E-state index in [1.165, 1.54) is 0 Å². The molecule has 0 atom stereocenters. The Hall–Kier alpha value is -8.87. The first-order valence-electron chi connectivity index (χ1n) is 40.5. The van der Waals surface area contributed by atoms with Gasteiger partial charge >= 0.3 is 0 Å². The first kappa shape index (κ1) is 90.0. The molecule has 5 aromatic rings. The van der Waals surface area contributed by atoms with Crippen LogP contribution in [-0.4, -0.2) is 40.4 Å².